The van der Waals surface area contributed by atoms with E-state index in [1.807, 2.05) is 30.3 Å². The number of furan rings is 1. The van der Waals surface area contributed by atoms with Gasteiger partial charge in [0.25, 0.3) is 0 Å². The van der Waals surface area contributed by atoms with E-state index < -0.39 is 11.8 Å². The van der Waals surface area contributed by atoms with Gasteiger partial charge in [0.2, 0.25) is 5.91 Å². The highest BCUT2D eigenvalue weighted by Gasteiger charge is 2.10. The summed E-state index contributed by atoms with van der Waals surface area (Å²) in [6, 6.07) is 12.4. The van der Waals surface area contributed by atoms with Gasteiger partial charge in [0, 0.05) is 6.08 Å². The molecule has 1 heterocycles. The molecule has 0 unspecified atom stereocenters. The summed E-state index contributed by atoms with van der Waals surface area (Å²) in [6.45, 7) is 0. The molecule has 1 aromatic carbocycles. The molecule has 0 spiro atoms. The normalized spacial score (nSPS) is 10.3. The second-order valence-electron chi connectivity index (χ2n) is 4.25. The fourth-order valence-corrected chi connectivity index (χ4v) is 1.99. The lowest BCUT2D eigenvalue weighted by atomic mass is 10.2. The van der Waals surface area contributed by atoms with Gasteiger partial charge in [0.15, 0.2) is 15.5 Å². The van der Waals surface area contributed by atoms with E-state index in [9.17, 15) is 9.59 Å². The molecule has 2 rings (SSSR count). The van der Waals surface area contributed by atoms with Crippen LogP contribution in [0.5, 0.6) is 0 Å². The average Bonchev–Trinajstić information content (AvgIpc) is 2.98. The number of hydrogen-bond acceptors (Lipinski definition) is 4. The SMILES string of the molecule is O=C(C=Cc1ccccc1)NC(=S)NNC(=O)c1ccc(Br)o1. The zero-order valence-electron chi connectivity index (χ0n) is 11.7. The van der Waals surface area contributed by atoms with E-state index in [1.54, 1.807) is 12.1 Å². The Morgan fingerprint density at radius 1 is 1.09 bits per heavy atom. The number of carbonyl (C=O) groups is 2. The van der Waals surface area contributed by atoms with Gasteiger partial charge in [0.1, 0.15) is 0 Å². The van der Waals surface area contributed by atoms with Crippen LogP contribution in [-0.4, -0.2) is 16.9 Å². The Labute approximate surface area is 146 Å². The van der Waals surface area contributed by atoms with E-state index in [0.29, 0.717) is 4.67 Å². The maximum atomic E-state index is 11.7. The van der Waals surface area contributed by atoms with Gasteiger partial charge in [-0.15, -0.1) is 0 Å². The highest BCUT2D eigenvalue weighted by atomic mass is 79.9. The Morgan fingerprint density at radius 3 is 2.48 bits per heavy atom. The molecule has 2 aromatic rings. The number of benzene rings is 1. The number of carbonyl (C=O) groups excluding carboxylic acids is 2. The van der Waals surface area contributed by atoms with Gasteiger partial charge in [-0.3, -0.25) is 25.8 Å². The lowest BCUT2D eigenvalue weighted by Gasteiger charge is -2.08. The number of hydrazine groups is 1. The Hall–Kier alpha value is -2.45. The van der Waals surface area contributed by atoms with Gasteiger partial charge in [-0.1, -0.05) is 30.3 Å². The van der Waals surface area contributed by atoms with Gasteiger partial charge in [-0.05, 0) is 51.9 Å². The fraction of sp³-hybridized carbons (Fsp3) is 0. The predicted octanol–water partition coefficient (Wildman–Crippen LogP) is 2.39. The molecular formula is C15H12BrN3O3S. The minimum atomic E-state index is -0.521. The number of amides is 2. The predicted molar refractivity (Wildman–Crippen MR) is 93.2 cm³/mol. The van der Waals surface area contributed by atoms with Crippen LogP contribution in [0.4, 0.5) is 0 Å². The van der Waals surface area contributed by atoms with E-state index in [0.717, 1.165) is 5.56 Å². The highest BCUT2D eigenvalue weighted by molar-refractivity contribution is 9.10. The van der Waals surface area contributed by atoms with Crippen LogP contribution in [0.1, 0.15) is 16.1 Å². The van der Waals surface area contributed by atoms with Crippen LogP contribution in [0.2, 0.25) is 0 Å². The van der Waals surface area contributed by atoms with E-state index >= 15 is 0 Å². The largest absolute Gasteiger partial charge is 0.444 e. The van der Waals surface area contributed by atoms with Crippen molar-refractivity contribution in [2.75, 3.05) is 0 Å². The minimum Gasteiger partial charge on any atom is -0.444 e. The molecule has 0 saturated carbocycles. The molecule has 0 bridgehead atoms. The first-order valence-corrected chi connectivity index (χ1v) is 7.64. The number of hydrogen-bond donors (Lipinski definition) is 3. The van der Waals surface area contributed by atoms with Crippen LogP contribution in [-0.2, 0) is 4.79 Å². The third kappa shape index (κ3) is 5.68. The Bertz CT molecular complexity index is 743. The lowest BCUT2D eigenvalue weighted by Crippen LogP contribution is -2.48. The van der Waals surface area contributed by atoms with Crippen molar-refractivity contribution < 1.29 is 14.0 Å². The first-order valence-electron chi connectivity index (χ1n) is 6.44. The number of thiocarbonyl (C=S) groups is 1. The molecule has 0 atom stereocenters. The van der Waals surface area contributed by atoms with Gasteiger partial charge in [-0.2, -0.15) is 0 Å². The maximum Gasteiger partial charge on any atom is 0.305 e. The maximum absolute atomic E-state index is 11.7. The molecule has 0 saturated heterocycles. The van der Waals surface area contributed by atoms with E-state index in [1.165, 1.54) is 12.1 Å². The lowest BCUT2D eigenvalue weighted by molar-refractivity contribution is -0.115. The zero-order chi connectivity index (χ0) is 16.7. The second-order valence-corrected chi connectivity index (χ2v) is 5.44. The summed E-state index contributed by atoms with van der Waals surface area (Å²) in [4.78, 5) is 23.4. The molecule has 0 aliphatic heterocycles. The molecule has 3 N–H and O–H groups in total. The summed E-state index contributed by atoms with van der Waals surface area (Å²) in [5, 5.41) is 2.37. The highest BCUT2D eigenvalue weighted by Crippen LogP contribution is 2.13. The summed E-state index contributed by atoms with van der Waals surface area (Å²) in [5.41, 5.74) is 5.60. The second kappa shape index (κ2) is 8.25. The summed E-state index contributed by atoms with van der Waals surface area (Å²) < 4.78 is 5.50. The van der Waals surface area contributed by atoms with E-state index in [-0.39, 0.29) is 10.9 Å². The third-order valence-electron chi connectivity index (χ3n) is 2.55. The standard InChI is InChI=1S/C15H12BrN3O3S/c16-12-8-7-11(22-12)14(21)18-19-15(23)17-13(20)9-6-10-4-2-1-3-5-10/h1-9H,(H,18,21)(H2,17,19,20,23). The summed E-state index contributed by atoms with van der Waals surface area (Å²) in [7, 11) is 0. The molecule has 8 heteroatoms. The van der Waals surface area contributed by atoms with Gasteiger partial charge in [0.05, 0.1) is 0 Å². The summed E-state index contributed by atoms with van der Waals surface area (Å²) in [6.07, 6.45) is 2.99. The van der Waals surface area contributed by atoms with Crippen LogP contribution < -0.4 is 16.2 Å². The molecule has 0 fully saturated rings. The molecule has 0 aliphatic rings. The molecule has 2 amide bonds. The van der Waals surface area contributed by atoms with Crippen LogP contribution >= 0.6 is 28.1 Å². The van der Waals surface area contributed by atoms with Crippen LogP contribution in [0.3, 0.4) is 0 Å². The quantitative estimate of drug-likeness (QED) is 0.423. The first-order chi connectivity index (χ1) is 11.0. The molecule has 118 valence electrons. The fourth-order valence-electron chi connectivity index (χ4n) is 1.53. The molecule has 23 heavy (non-hydrogen) atoms. The van der Waals surface area contributed by atoms with E-state index in [4.69, 9.17) is 16.6 Å². The summed E-state index contributed by atoms with van der Waals surface area (Å²) >= 11 is 8.00. The van der Waals surface area contributed by atoms with Crippen LogP contribution in [0.25, 0.3) is 6.08 Å². The number of halogens is 1. The Morgan fingerprint density at radius 2 is 1.83 bits per heavy atom. The molecule has 0 radical (unpaired) electrons. The zero-order valence-corrected chi connectivity index (χ0v) is 14.1. The number of rotatable bonds is 3. The molecule has 6 nitrogen and oxygen atoms in total. The van der Waals surface area contributed by atoms with Crippen molar-refractivity contribution in [3.8, 4) is 0 Å². The van der Waals surface area contributed by atoms with Gasteiger partial charge < -0.3 is 4.42 Å². The van der Waals surface area contributed by atoms with Gasteiger partial charge >= 0.3 is 5.91 Å². The molecule has 0 aliphatic carbocycles. The Balaban J connectivity index is 1.77. The number of nitrogens with one attached hydrogen (secondary N) is 3. The molecule has 1 aromatic heterocycles. The van der Waals surface area contributed by atoms with Crippen LogP contribution in [0.15, 0.2) is 57.6 Å². The van der Waals surface area contributed by atoms with E-state index in [2.05, 4.69) is 32.1 Å². The first kappa shape index (κ1) is 16.9. The van der Waals surface area contributed by atoms with Crippen molar-refractivity contribution in [1.82, 2.24) is 16.2 Å². The van der Waals surface area contributed by atoms with Crippen LogP contribution in [0, 0.1) is 0 Å². The average molecular weight is 394 g/mol. The van der Waals surface area contributed by atoms with Crippen molar-refractivity contribution >= 4 is 51.2 Å². The molecular weight excluding hydrogens is 382 g/mol. The summed E-state index contributed by atoms with van der Waals surface area (Å²) in [5.74, 6) is -0.837. The minimum absolute atomic E-state index is 0.0355. The third-order valence-corrected chi connectivity index (χ3v) is 3.18. The van der Waals surface area contributed by atoms with Crippen molar-refractivity contribution in [1.29, 1.82) is 0 Å². The van der Waals surface area contributed by atoms with Crippen molar-refractivity contribution in [2.45, 2.75) is 0 Å². The van der Waals surface area contributed by atoms with Crippen molar-refractivity contribution in [3.05, 3.63) is 64.5 Å². The topological polar surface area (TPSA) is 83.4 Å². The smallest absolute Gasteiger partial charge is 0.305 e. The monoisotopic (exact) mass is 393 g/mol. The van der Waals surface area contributed by atoms with Crippen molar-refractivity contribution in [3.63, 3.8) is 0 Å². The van der Waals surface area contributed by atoms with Crippen molar-refractivity contribution in [2.24, 2.45) is 0 Å². The Kier molecular flexibility index (Phi) is 6.07. The van der Waals surface area contributed by atoms with Gasteiger partial charge in [-0.25, -0.2) is 0 Å².